The lowest BCUT2D eigenvalue weighted by molar-refractivity contribution is 0.414. The van der Waals surface area contributed by atoms with Crippen LogP contribution in [0.15, 0.2) is 53.7 Å². The van der Waals surface area contributed by atoms with Crippen molar-refractivity contribution >= 4 is 23.4 Å². The Bertz CT molecular complexity index is 992. The third-order valence-corrected chi connectivity index (χ3v) is 4.97. The van der Waals surface area contributed by atoms with Crippen LogP contribution in [0.3, 0.4) is 0 Å². The first-order valence-electron chi connectivity index (χ1n) is 8.60. The molecule has 0 saturated heterocycles. The molecule has 0 aliphatic heterocycles. The van der Waals surface area contributed by atoms with Gasteiger partial charge in [-0.3, -0.25) is 0 Å². The van der Waals surface area contributed by atoms with Crippen molar-refractivity contribution in [3.05, 3.63) is 76.4 Å². The summed E-state index contributed by atoms with van der Waals surface area (Å²) in [5.41, 5.74) is 1.54. The summed E-state index contributed by atoms with van der Waals surface area (Å²) < 4.78 is 32.7. The molecule has 0 amide bonds. The zero-order valence-electron chi connectivity index (χ0n) is 15.7. The minimum Gasteiger partial charge on any atom is -0.436 e. The maximum atomic E-state index is 14.0. The highest BCUT2D eigenvalue weighted by atomic mass is 35.5. The van der Waals surface area contributed by atoms with Crippen LogP contribution in [-0.4, -0.2) is 9.97 Å². The normalized spacial score (nSPS) is 11.5. The van der Waals surface area contributed by atoms with Crippen molar-refractivity contribution < 1.29 is 13.5 Å². The summed E-state index contributed by atoms with van der Waals surface area (Å²) >= 11 is 7.46. The van der Waals surface area contributed by atoms with Gasteiger partial charge in [0.25, 0.3) is 0 Å². The van der Waals surface area contributed by atoms with Gasteiger partial charge in [-0.25, -0.2) is 13.8 Å². The number of halogens is 3. The zero-order chi connectivity index (χ0) is 20.3. The molecule has 0 saturated carbocycles. The van der Waals surface area contributed by atoms with Gasteiger partial charge >= 0.3 is 0 Å². The van der Waals surface area contributed by atoms with Crippen LogP contribution in [0.25, 0.3) is 0 Å². The van der Waals surface area contributed by atoms with Crippen LogP contribution in [0, 0.1) is 11.6 Å². The summed E-state index contributed by atoms with van der Waals surface area (Å²) in [5.74, 6) is -0.715. The first-order chi connectivity index (χ1) is 13.2. The van der Waals surface area contributed by atoms with Crippen molar-refractivity contribution in [3.8, 4) is 11.6 Å². The van der Waals surface area contributed by atoms with E-state index < -0.39 is 11.6 Å². The van der Waals surface area contributed by atoms with Crippen LogP contribution >= 0.6 is 23.4 Å². The van der Waals surface area contributed by atoms with Crippen molar-refractivity contribution in [2.45, 2.75) is 37.1 Å². The minimum atomic E-state index is -0.788. The van der Waals surface area contributed by atoms with Gasteiger partial charge in [0.1, 0.15) is 5.82 Å². The van der Waals surface area contributed by atoms with Crippen molar-refractivity contribution in [1.82, 2.24) is 9.97 Å². The maximum Gasteiger partial charge on any atom is 0.223 e. The van der Waals surface area contributed by atoms with Gasteiger partial charge in [0.2, 0.25) is 5.88 Å². The highest BCUT2D eigenvalue weighted by molar-refractivity contribution is 7.98. The molecule has 0 spiro atoms. The van der Waals surface area contributed by atoms with Crippen LogP contribution in [0.2, 0.25) is 5.02 Å². The molecule has 0 radical (unpaired) electrons. The van der Waals surface area contributed by atoms with Gasteiger partial charge < -0.3 is 4.74 Å². The summed E-state index contributed by atoms with van der Waals surface area (Å²) in [6.07, 6.45) is 0. The molecule has 7 heteroatoms. The van der Waals surface area contributed by atoms with Crippen LogP contribution in [0.5, 0.6) is 11.6 Å². The SMILES string of the molecule is CC(C)(C)c1cc(Oc2ccc(F)cc2F)nc(SCc2cccc(Cl)c2)n1. The number of thioether (sulfide) groups is 1. The second kappa shape index (κ2) is 8.45. The lowest BCUT2D eigenvalue weighted by Gasteiger charge is -2.19. The molecule has 3 nitrogen and oxygen atoms in total. The molecule has 146 valence electrons. The molecule has 0 unspecified atom stereocenters. The fourth-order valence-corrected chi connectivity index (χ4v) is 3.36. The summed E-state index contributed by atoms with van der Waals surface area (Å²) in [6, 6.07) is 12.4. The monoisotopic (exact) mass is 420 g/mol. The highest BCUT2D eigenvalue weighted by Crippen LogP contribution is 2.31. The van der Waals surface area contributed by atoms with Crippen LogP contribution < -0.4 is 4.74 Å². The molecule has 0 atom stereocenters. The van der Waals surface area contributed by atoms with E-state index in [0.29, 0.717) is 15.9 Å². The smallest absolute Gasteiger partial charge is 0.223 e. The predicted molar refractivity (Wildman–Crippen MR) is 108 cm³/mol. The Morgan fingerprint density at radius 3 is 2.50 bits per heavy atom. The standard InChI is InChI=1S/C21H19ClF2N2OS/c1-21(2,3)18-11-19(27-17-8-7-15(23)10-16(17)24)26-20(25-18)28-12-13-5-4-6-14(22)9-13/h4-11H,12H2,1-3H3. The van der Waals surface area contributed by atoms with Crippen LogP contribution in [0.4, 0.5) is 8.78 Å². The Hall–Kier alpha value is -2.18. The largest absolute Gasteiger partial charge is 0.436 e. The van der Waals surface area contributed by atoms with Crippen molar-refractivity contribution in [3.63, 3.8) is 0 Å². The predicted octanol–water partition coefficient (Wildman–Crippen LogP) is 6.79. The number of rotatable bonds is 5. The Labute approximate surface area is 172 Å². The summed E-state index contributed by atoms with van der Waals surface area (Å²) in [7, 11) is 0. The van der Waals surface area contributed by atoms with E-state index in [9.17, 15) is 8.78 Å². The maximum absolute atomic E-state index is 14.0. The Balaban J connectivity index is 1.88. The van der Waals surface area contributed by atoms with Gasteiger partial charge in [-0.2, -0.15) is 4.98 Å². The highest BCUT2D eigenvalue weighted by Gasteiger charge is 2.19. The molecule has 0 aliphatic carbocycles. The fraction of sp³-hybridized carbons (Fsp3) is 0.238. The first kappa shape index (κ1) is 20.6. The van der Waals surface area contributed by atoms with E-state index in [2.05, 4.69) is 9.97 Å². The molecular formula is C21H19ClF2N2OS. The number of ether oxygens (including phenoxy) is 1. The fourth-order valence-electron chi connectivity index (χ4n) is 2.35. The summed E-state index contributed by atoms with van der Waals surface area (Å²) in [6.45, 7) is 6.05. The molecule has 0 bridgehead atoms. The molecular weight excluding hydrogens is 402 g/mol. The topological polar surface area (TPSA) is 35.0 Å². The van der Waals surface area contributed by atoms with E-state index >= 15 is 0 Å². The Morgan fingerprint density at radius 1 is 1.04 bits per heavy atom. The quantitative estimate of drug-likeness (QED) is 0.336. The molecule has 1 heterocycles. The summed E-state index contributed by atoms with van der Waals surface area (Å²) in [5, 5.41) is 1.17. The Kier molecular flexibility index (Phi) is 6.20. The average Bonchev–Trinajstić information content (AvgIpc) is 2.62. The third kappa shape index (κ3) is 5.42. The van der Waals surface area contributed by atoms with Crippen LogP contribution in [-0.2, 0) is 11.2 Å². The molecule has 3 rings (SSSR count). The molecule has 0 fully saturated rings. The molecule has 0 aliphatic rings. The van der Waals surface area contributed by atoms with Gasteiger partial charge in [0, 0.05) is 28.3 Å². The lowest BCUT2D eigenvalue weighted by Crippen LogP contribution is -2.14. The average molecular weight is 421 g/mol. The summed E-state index contributed by atoms with van der Waals surface area (Å²) in [4.78, 5) is 8.98. The second-order valence-electron chi connectivity index (χ2n) is 7.22. The van der Waals surface area contributed by atoms with E-state index in [1.54, 1.807) is 6.07 Å². The van der Waals surface area contributed by atoms with E-state index in [1.807, 2.05) is 45.0 Å². The third-order valence-electron chi connectivity index (χ3n) is 3.82. The number of hydrogen-bond acceptors (Lipinski definition) is 4. The number of nitrogens with zero attached hydrogens (tertiary/aromatic N) is 2. The van der Waals surface area contributed by atoms with E-state index in [1.165, 1.54) is 17.8 Å². The van der Waals surface area contributed by atoms with E-state index in [0.717, 1.165) is 23.4 Å². The second-order valence-corrected chi connectivity index (χ2v) is 8.60. The molecule has 28 heavy (non-hydrogen) atoms. The first-order valence-corrected chi connectivity index (χ1v) is 9.97. The van der Waals surface area contributed by atoms with E-state index in [-0.39, 0.29) is 17.0 Å². The number of aromatic nitrogens is 2. The zero-order valence-corrected chi connectivity index (χ0v) is 17.2. The van der Waals surface area contributed by atoms with Gasteiger partial charge in [0.05, 0.1) is 5.69 Å². The van der Waals surface area contributed by atoms with Crippen molar-refractivity contribution in [2.75, 3.05) is 0 Å². The van der Waals surface area contributed by atoms with Gasteiger partial charge in [-0.15, -0.1) is 0 Å². The van der Waals surface area contributed by atoms with Gasteiger partial charge in [-0.1, -0.05) is 56.3 Å². The molecule has 0 N–H and O–H groups in total. The van der Waals surface area contributed by atoms with Crippen molar-refractivity contribution in [1.29, 1.82) is 0 Å². The minimum absolute atomic E-state index is 0.0919. The number of benzene rings is 2. The number of hydrogen-bond donors (Lipinski definition) is 0. The molecule has 2 aromatic carbocycles. The molecule has 1 aromatic heterocycles. The van der Waals surface area contributed by atoms with Crippen molar-refractivity contribution in [2.24, 2.45) is 0 Å². The Morgan fingerprint density at radius 2 is 1.82 bits per heavy atom. The van der Waals surface area contributed by atoms with Crippen LogP contribution in [0.1, 0.15) is 32.0 Å². The van der Waals surface area contributed by atoms with E-state index in [4.69, 9.17) is 16.3 Å². The van der Waals surface area contributed by atoms with Gasteiger partial charge in [-0.05, 0) is 29.8 Å². The lowest BCUT2D eigenvalue weighted by atomic mass is 9.92. The van der Waals surface area contributed by atoms with Gasteiger partial charge in [0.15, 0.2) is 16.7 Å². The molecule has 3 aromatic rings.